The summed E-state index contributed by atoms with van der Waals surface area (Å²) in [6.45, 7) is 2.95. The van der Waals surface area contributed by atoms with Crippen molar-refractivity contribution in [1.29, 1.82) is 0 Å². The Labute approximate surface area is 139 Å². The van der Waals surface area contributed by atoms with Crippen molar-refractivity contribution in [3.63, 3.8) is 0 Å². The van der Waals surface area contributed by atoms with Gasteiger partial charge in [0.1, 0.15) is 9.88 Å². The Morgan fingerprint density at radius 1 is 1.29 bits per heavy atom. The molecule has 2 N–H and O–H groups in total. The number of anilines is 1. The van der Waals surface area contributed by atoms with Crippen molar-refractivity contribution in [2.45, 2.75) is 25.9 Å². The Morgan fingerprint density at radius 3 is 2.46 bits per heavy atom. The van der Waals surface area contributed by atoms with E-state index in [4.69, 9.17) is 5.11 Å². The summed E-state index contributed by atoms with van der Waals surface area (Å²) in [5, 5.41) is 11.5. The Morgan fingerprint density at radius 2 is 1.92 bits per heavy atom. The van der Waals surface area contributed by atoms with E-state index in [1.165, 1.54) is 26.0 Å². The van der Waals surface area contributed by atoms with Crippen molar-refractivity contribution < 1.29 is 27.9 Å². The van der Waals surface area contributed by atoms with Crippen molar-refractivity contribution in [2.24, 2.45) is 0 Å². The van der Waals surface area contributed by atoms with Crippen molar-refractivity contribution in [3.8, 4) is 0 Å². The van der Waals surface area contributed by atoms with Crippen molar-refractivity contribution >= 4 is 28.9 Å². The SMILES string of the molecule is Cc1nc([C@@H](C)C(=O)Nc2ccccc2C(F)(F)F)sc1C(=O)O. The molecule has 24 heavy (non-hydrogen) atoms. The number of carboxylic acid groups (broad SMARTS) is 1. The fourth-order valence-electron chi connectivity index (χ4n) is 1.99. The molecule has 0 bridgehead atoms. The summed E-state index contributed by atoms with van der Waals surface area (Å²) in [7, 11) is 0. The number of halogens is 3. The van der Waals surface area contributed by atoms with Gasteiger partial charge in [0.15, 0.2) is 0 Å². The molecule has 2 rings (SSSR count). The third kappa shape index (κ3) is 3.73. The average Bonchev–Trinajstić information content (AvgIpc) is 2.88. The van der Waals surface area contributed by atoms with E-state index in [1.807, 2.05) is 0 Å². The van der Waals surface area contributed by atoms with Crippen LogP contribution in [0.2, 0.25) is 0 Å². The summed E-state index contributed by atoms with van der Waals surface area (Å²) in [5.74, 6) is -2.74. The summed E-state index contributed by atoms with van der Waals surface area (Å²) in [6.07, 6.45) is -4.60. The number of nitrogens with one attached hydrogen (secondary N) is 1. The van der Waals surface area contributed by atoms with Gasteiger partial charge in [0.2, 0.25) is 5.91 Å². The monoisotopic (exact) mass is 358 g/mol. The third-order valence-corrected chi connectivity index (χ3v) is 4.59. The molecule has 5 nitrogen and oxygen atoms in total. The molecule has 0 radical (unpaired) electrons. The number of hydrogen-bond acceptors (Lipinski definition) is 4. The van der Waals surface area contributed by atoms with E-state index < -0.39 is 29.5 Å². The highest BCUT2D eigenvalue weighted by Gasteiger charge is 2.34. The number of alkyl halides is 3. The van der Waals surface area contributed by atoms with Crippen LogP contribution < -0.4 is 5.32 Å². The zero-order chi connectivity index (χ0) is 18.1. The van der Waals surface area contributed by atoms with E-state index >= 15 is 0 Å². The van der Waals surface area contributed by atoms with E-state index in [9.17, 15) is 22.8 Å². The number of amides is 1. The smallest absolute Gasteiger partial charge is 0.418 e. The predicted octanol–water partition coefficient (Wildman–Crippen LogP) is 3.91. The number of carbonyl (C=O) groups is 2. The largest absolute Gasteiger partial charge is 0.477 e. The molecule has 1 heterocycles. The molecule has 0 fully saturated rings. The molecule has 0 saturated heterocycles. The van der Waals surface area contributed by atoms with Crippen molar-refractivity contribution in [3.05, 3.63) is 45.4 Å². The minimum absolute atomic E-state index is 0.000316. The summed E-state index contributed by atoms with van der Waals surface area (Å²) < 4.78 is 38.8. The topological polar surface area (TPSA) is 79.3 Å². The Bertz CT molecular complexity index is 787. The number of rotatable bonds is 4. The second kappa shape index (κ2) is 6.60. The molecular weight excluding hydrogens is 345 g/mol. The first-order chi connectivity index (χ1) is 11.1. The lowest BCUT2D eigenvalue weighted by atomic mass is 10.1. The second-order valence-corrected chi connectivity index (χ2v) is 6.06. The lowest BCUT2D eigenvalue weighted by Crippen LogP contribution is -2.21. The first-order valence-corrected chi connectivity index (χ1v) is 7.60. The van der Waals surface area contributed by atoms with Crippen LogP contribution >= 0.6 is 11.3 Å². The van der Waals surface area contributed by atoms with Gasteiger partial charge in [-0.3, -0.25) is 4.79 Å². The minimum atomic E-state index is -4.60. The number of aromatic carboxylic acids is 1. The molecule has 1 aromatic carbocycles. The number of para-hydroxylation sites is 1. The number of carboxylic acids is 1. The number of thiazole rings is 1. The van der Waals surface area contributed by atoms with Crippen LogP contribution in [0, 0.1) is 6.92 Å². The number of hydrogen-bond donors (Lipinski definition) is 2. The highest BCUT2D eigenvalue weighted by molar-refractivity contribution is 7.13. The van der Waals surface area contributed by atoms with Gasteiger partial charge in [0.05, 0.1) is 22.9 Å². The van der Waals surface area contributed by atoms with Gasteiger partial charge >= 0.3 is 12.1 Å². The van der Waals surface area contributed by atoms with Crippen LogP contribution in [0.15, 0.2) is 24.3 Å². The molecule has 1 aromatic heterocycles. The molecule has 0 aliphatic carbocycles. The fourth-order valence-corrected chi connectivity index (χ4v) is 2.95. The van der Waals surface area contributed by atoms with Gasteiger partial charge in [-0.05, 0) is 26.0 Å². The van der Waals surface area contributed by atoms with E-state index in [-0.39, 0.29) is 21.3 Å². The molecule has 1 amide bonds. The maximum Gasteiger partial charge on any atom is 0.418 e. The molecule has 0 aliphatic rings. The Hall–Kier alpha value is -2.42. The summed E-state index contributed by atoms with van der Waals surface area (Å²) in [4.78, 5) is 27.3. The zero-order valence-corrected chi connectivity index (χ0v) is 13.5. The van der Waals surface area contributed by atoms with Crippen LogP contribution in [0.4, 0.5) is 18.9 Å². The van der Waals surface area contributed by atoms with Crippen molar-refractivity contribution in [2.75, 3.05) is 5.32 Å². The van der Waals surface area contributed by atoms with Crippen LogP contribution in [-0.2, 0) is 11.0 Å². The Kier molecular flexibility index (Phi) is 4.93. The van der Waals surface area contributed by atoms with Gasteiger partial charge in [-0.15, -0.1) is 11.3 Å². The van der Waals surface area contributed by atoms with Gasteiger partial charge in [-0.1, -0.05) is 12.1 Å². The normalized spacial score (nSPS) is 12.7. The third-order valence-electron chi connectivity index (χ3n) is 3.26. The summed E-state index contributed by atoms with van der Waals surface area (Å²) in [5.41, 5.74) is -1.04. The fraction of sp³-hybridized carbons (Fsp3) is 0.267. The number of aromatic nitrogens is 1. The molecule has 9 heteroatoms. The quantitative estimate of drug-likeness (QED) is 0.868. The first kappa shape index (κ1) is 17.9. The Balaban J connectivity index is 2.25. The number of aryl methyl sites for hydroxylation is 1. The van der Waals surface area contributed by atoms with Gasteiger partial charge in [-0.2, -0.15) is 13.2 Å². The number of benzene rings is 1. The van der Waals surface area contributed by atoms with Crippen LogP contribution in [0.1, 0.15) is 38.8 Å². The minimum Gasteiger partial charge on any atom is -0.477 e. The predicted molar refractivity (Wildman–Crippen MR) is 82.3 cm³/mol. The molecule has 1 atom stereocenters. The van der Waals surface area contributed by atoms with Gasteiger partial charge in [-0.25, -0.2) is 9.78 Å². The van der Waals surface area contributed by atoms with E-state index in [1.54, 1.807) is 0 Å². The lowest BCUT2D eigenvalue weighted by molar-refractivity contribution is -0.137. The summed E-state index contributed by atoms with van der Waals surface area (Å²) >= 11 is 0.831. The molecule has 0 unspecified atom stereocenters. The maximum absolute atomic E-state index is 12.9. The second-order valence-electron chi connectivity index (χ2n) is 5.03. The van der Waals surface area contributed by atoms with Gasteiger partial charge in [0, 0.05) is 0 Å². The standard InChI is InChI=1S/C15H13F3N2O3S/c1-7(13-19-8(2)11(24-13)14(22)23)12(21)20-10-6-4-3-5-9(10)15(16,17)18/h3-7H,1-2H3,(H,20,21)(H,22,23)/t7-/m0/s1. The molecule has 0 aliphatic heterocycles. The van der Waals surface area contributed by atoms with Crippen LogP contribution in [0.25, 0.3) is 0 Å². The van der Waals surface area contributed by atoms with E-state index in [0.29, 0.717) is 0 Å². The highest BCUT2D eigenvalue weighted by Crippen LogP contribution is 2.35. The molecule has 2 aromatic rings. The maximum atomic E-state index is 12.9. The van der Waals surface area contributed by atoms with Crippen LogP contribution in [-0.4, -0.2) is 22.0 Å². The van der Waals surface area contributed by atoms with Crippen LogP contribution in [0.3, 0.4) is 0 Å². The molecule has 0 spiro atoms. The number of carbonyl (C=O) groups excluding carboxylic acids is 1. The molecular formula is C15H13F3N2O3S. The zero-order valence-electron chi connectivity index (χ0n) is 12.6. The highest BCUT2D eigenvalue weighted by atomic mass is 32.1. The van der Waals surface area contributed by atoms with E-state index in [0.717, 1.165) is 23.5 Å². The molecule has 128 valence electrons. The molecule has 0 saturated carbocycles. The first-order valence-electron chi connectivity index (χ1n) is 6.79. The number of nitrogens with zero attached hydrogens (tertiary/aromatic N) is 1. The van der Waals surface area contributed by atoms with Crippen LogP contribution in [0.5, 0.6) is 0 Å². The lowest BCUT2D eigenvalue weighted by Gasteiger charge is -2.15. The van der Waals surface area contributed by atoms with E-state index in [2.05, 4.69) is 10.3 Å². The summed E-state index contributed by atoms with van der Waals surface area (Å²) in [6, 6.07) is 4.64. The van der Waals surface area contributed by atoms with Gasteiger partial charge < -0.3 is 10.4 Å². The average molecular weight is 358 g/mol. The van der Waals surface area contributed by atoms with Gasteiger partial charge in [0.25, 0.3) is 0 Å². The van der Waals surface area contributed by atoms with Crippen molar-refractivity contribution in [1.82, 2.24) is 4.98 Å².